The summed E-state index contributed by atoms with van der Waals surface area (Å²) in [4.78, 5) is 23.5. The maximum atomic E-state index is 12.1. The van der Waals surface area contributed by atoms with Gasteiger partial charge in [-0.15, -0.1) is 0 Å². The van der Waals surface area contributed by atoms with Gasteiger partial charge in [0, 0.05) is 21.4 Å². The molecule has 0 unspecified atom stereocenters. The zero-order chi connectivity index (χ0) is 17.8. The van der Waals surface area contributed by atoms with Crippen LogP contribution < -0.4 is 9.47 Å². The first-order valence-corrected chi connectivity index (χ1v) is 8.04. The van der Waals surface area contributed by atoms with Crippen molar-refractivity contribution in [1.82, 2.24) is 0 Å². The highest BCUT2D eigenvalue weighted by Crippen LogP contribution is 2.31. The minimum Gasteiger partial charge on any atom is -0.482 e. The van der Waals surface area contributed by atoms with Crippen LogP contribution in [0.3, 0.4) is 0 Å². The van der Waals surface area contributed by atoms with Crippen LogP contribution in [0.25, 0.3) is 10.8 Å². The van der Waals surface area contributed by atoms with E-state index in [1.165, 1.54) is 6.92 Å². The van der Waals surface area contributed by atoms with Crippen LogP contribution in [0, 0.1) is 0 Å². The van der Waals surface area contributed by atoms with E-state index in [4.69, 9.17) is 21.1 Å². The van der Waals surface area contributed by atoms with Gasteiger partial charge < -0.3 is 9.47 Å². The molecular formula is C20H15ClO4. The topological polar surface area (TPSA) is 52.6 Å². The van der Waals surface area contributed by atoms with Crippen molar-refractivity contribution in [3.8, 4) is 11.5 Å². The molecular weight excluding hydrogens is 340 g/mol. The van der Waals surface area contributed by atoms with Crippen LogP contribution in [0.1, 0.15) is 17.3 Å². The van der Waals surface area contributed by atoms with E-state index in [9.17, 15) is 9.59 Å². The Morgan fingerprint density at radius 2 is 1.72 bits per heavy atom. The van der Waals surface area contributed by atoms with Crippen molar-refractivity contribution in [2.45, 2.75) is 6.92 Å². The molecule has 0 N–H and O–H groups in total. The van der Waals surface area contributed by atoms with Crippen LogP contribution in [0.15, 0.2) is 60.7 Å². The zero-order valence-corrected chi connectivity index (χ0v) is 14.2. The fraction of sp³-hybridized carbons (Fsp3) is 0.100. The molecule has 3 aromatic rings. The number of hydrogen-bond acceptors (Lipinski definition) is 4. The highest BCUT2D eigenvalue weighted by molar-refractivity contribution is 6.35. The van der Waals surface area contributed by atoms with Crippen LogP contribution in [0.4, 0.5) is 0 Å². The molecule has 0 atom stereocenters. The average molecular weight is 355 g/mol. The van der Waals surface area contributed by atoms with Crippen LogP contribution in [0.2, 0.25) is 5.02 Å². The van der Waals surface area contributed by atoms with Crippen molar-refractivity contribution in [3.05, 3.63) is 71.2 Å². The third-order valence-corrected chi connectivity index (χ3v) is 3.98. The molecule has 0 spiro atoms. The lowest BCUT2D eigenvalue weighted by Gasteiger charge is -2.10. The van der Waals surface area contributed by atoms with E-state index in [-0.39, 0.29) is 12.4 Å². The van der Waals surface area contributed by atoms with Gasteiger partial charge in [0.25, 0.3) is 0 Å². The second kappa shape index (κ2) is 7.36. The fourth-order valence-electron chi connectivity index (χ4n) is 2.42. The summed E-state index contributed by atoms with van der Waals surface area (Å²) >= 11 is 6.15. The molecule has 3 aromatic carbocycles. The van der Waals surface area contributed by atoms with Gasteiger partial charge in [-0.3, -0.25) is 4.79 Å². The molecule has 0 fully saturated rings. The van der Waals surface area contributed by atoms with Gasteiger partial charge in [-0.2, -0.15) is 0 Å². The number of rotatable bonds is 5. The summed E-state index contributed by atoms with van der Waals surface area (Å²) in [5.74, 6) is 0.248. The van der Waals surface area contributed by atoms with Gasteiger partial charge in [0.2, 0.25) is 0 Å². The minimum atomic E-state index is -0.541. The molecule has 0 heterocycles. The van der Waals surface area contributed by atoms with Crippen molar-refractivity contribution in [2.24, 2.45) is 0 Å². The minimum absolute atomic E-state index is 0.0688. The van der Waals surface area contributed by atoms with Gasteiger partial charge in [0.1, 0.15) is 11.5 Å². The largest absolute Gasteiger partial charge is 0.482 e. The van der Waals surface area contributed by atoms with E-state index in [0.29, 0.717) is 22.1 Å². The monoisotopic (exact) mass is 354 g/mol. The van der Waals surface area contributed by atoms with E-state index < -0.39 is 5.97 Å². The normalized spacial score (nSPS) is 10.5. The number of ketones is 1. The number of carbonyl (C=O) groups excluding carboxylic acids is 2. The lowest BCUT2D eigenvalue weighted by Crippen LogP contribution is -2.18. The Kier molecular flexibility index (Phi) is 5.00. The van der Waals surface area contributed by atoms with Crippen molar-refractivity contribution in [1.29, 1.82) is 0 Å². The second-order valence-corrected chi connectivity index (χ2v) is 5.85. The van der Waals surface area contributed by atoms with Gasteiger partial charge in [-0.25, -0.2) is 4.79 Å². The van der Waals surface area contributed by atoms with Crippen LogP contribution in [0.5, 0.6) is 11.5 Å². The third-order valence-electron chi connectivity index (χ3n) is 3.65. The summed E-state index contributed by atoms with van der Waals surface area (Å²) < 4.78 is 10.8. The quantitative estimate of drug-likeness (QED) is 0.379. The molecule has 0 aliphatic heterocycles. The van der Waals surface area contributed by atoms with Crippen LogP contribution in [-0.4, -0.2) is 18.4 Å². The summed E-state index contributed by atoms with van der Waals surface area (Å²) in [5.41, 5.74) is 0.523. The van der Waals surface area contributed by atoms with E-state index in [1.807, 2.05) is 24.3 Å². The number of halogens is 1. The smallest absolute Gasteiger partial charge is 0.349 e. The molecule has 3 rings (SSSR count). The van der Waals surface area contributed by atoms with Gasteiger partial charge in [-0.05, 0) is 31.2 Å². The summed E-state index contributed by atoms with van der Waals surface area (Å²) in [7, 11) is 0. The lowest BCUT2D eigenvalue weighted by molar-refractivity contribution is -0.136. The lowest BCUT2D eigenvalue weighted by atomic mass is 10.1. The van der Waals surface area contributed by atoms with Gasteiger partial charge in [0.15, 0.2) is 12.4 Å². The first-order valence-electron chi connectivity index (χ1n) is 7.66. The average Bonchev–Trinajstić information content (AvgIpc) is 2.63. The Bertz CT molecular complexity index is 949. The standard InChI is InChI=1S/C20H15ClO4/c1-13(22)14-5-4-6-15(11-14)24-12-20(23)25-19-10-9-18(21)16-7-2-3-8-17(16)19/h2-11H,12H2,1H3. The number of fused-ring (bicyclic) bond motifs is 1. The first kappa shape index (κ1) is 17.0. The number of ether oxygens (including phenoxy) is 2. The van der Waals surface area contributed by atoms with Crippen molar-refractivity contribution >= 4 is 34.1 Å². The molecule has 25 heavy (non-hydrogen) atoms. The fourth-order valence-corrected chi connectivity index (χ4v) is 2.65. The number of Topliss-reactive ketones (excluding diaryl/α,β-unsaturated/α-hetero) is 1. The van der Waals surface area contributed by atoms with Gasteiger partial charge >= 0.3 is 5.97 Å². The van der Waals surface area contributed by atoms with E-state index in [0.717, 1.165) is 10.8 Å². The Labute approximate surface area is 149 Å². The molecule has 5 heteroatoms. The van der Waals surface area contributed by atoms with Crippen molar-refractivity contribution in [2.75, 3.05) is 6.61 Å². The predicted octanol–water partition coefficient (Wildman–Crippen LogP) is 4.68. The highest BCUT2D eigenvalue weighted by Gasteiger charge is 2.11. The summed E-state index contributed by atoms with van der Waals surface area (Å²) in [5, 5.41) is 2.15. The van der Waals surface area contributed by atoms with Gasteiger partial charge in [0.05, 0.1) is 0 Å². The molecule has 0 aliphatic rings. The predicted molar refractivity (Wildman–Crippen MR) is 96.5 cm³/mol. The van der Waals surface area contributed by atoms with Crippen molar-refractivity contribution < 1.29 is 19.1 Å². The van der Waals surface area contributed by atoms with Crippen LogP contribution in [-0.2, 0) is 4.79 Å². The maximum Gasteiger partial charge on any atom is 0.349 e. The van der Waals surface area contributed by atoms with E-state index >= 15 is 0 Å². The Balaban J connectivity index is 1.70. The molecule has 0 aliphatic carbocycles. The van der Waals surface area contributed by atoms with E-state index in [1.54, 1.807) is 36.4 Å². The Morgan fingerprint density at radius 1 is 0.960 bits per heavy atom. The van der Waals surface area contributed by atoms with E-state index in [2.05, 4.69) is 0 Å². The van der Waals surface area contributed by atoms with Crippen LogP contribution >= 0.6 is 11.6 Å². The molecule has 0 saturated heterocycles. The Morgan fingerprint density at radius 3 is 2.48 bits per heavy atom. The summed E-state index contributed by atoms with van der Waals surface area (Å²) in [6.45, 7) is 1.21. The maximum absolute atomic E-state index is 12.1. The number of carbonyl (C=O) groups is 2. The molecule has 4 nitrogen and oxygen atoms in total. The first-order chi connectivity index (χ1) is 12.0. The molecule has 0 saturated carbocycles. The molecule has 0 radical (unpaired) electrons. The number of hydrogen-bond donors (Lipinski definition) is 0. The molecule has 126 valence electrons. The highest BCUT2D eigenvalue weighted by atomic mass is 35.5. The number of esters is 1. The second-order valence-electron chi connectivity index (χ2n) is 5.44. The SMILES string of the molecule is CC(=O)c1cccc(OCC(=O)Oc2ccc(Cl)c3ccccc23)c1. The third kappa shape index (κ3) is 3.98. The zero-order valence-electron chi connectivity index (χ0n) is 13.5. The molecule has 0 bridgehead atoms. The van der Waals surface area contributed by atoms with Crippen molar-refractivity contribution in [3.63, 3.8) is 0 Å². The molecule has 0 amide bonds. The number of benzene rings is 3. The Hall–Kier alpha value is -2.85. The molecule has 0 aromatic heterocycles. The van der Waals surface area contributed by atoms with Gasteiger partial charge in [-0.1, -0.05) is 48.0 Å². The summed E-state index contributed by atoms with van der Waals surface area (Å²) in [6, 6.07) is 17.4. The summed E-state index contributed by atoms with van der Waals surface area (Å²) in [6.07, 6.45) is 0.